The Labute approximate surface area is 98.3 Å². The summed E-state index contributed by atoms with van der Waals surface area (Å²) in [5.41, 5.74) is 7.55. The lowest BCUT2D eigenvalue weighted by atomic mass is 10.3. The Morgan fingerprint density at radius 1 is 1.24 bits per heavy atom. The Morgan fingerprint density at radius 3 is 2.59 bits per heavy atom. The zero-order chi connectivity index (χ0) is 12.3. The van der Waals surface area contributed by atoms with Gasteiger partial charge in [-0.15, -0.1) is 0 Å². The van der Waals surface area contributed by atoms with Gasteiger partial charge in [-0.05, 0) is 12.1 Å². The molecular weight excluding hydrogens is 222 g/mol. The van der Waals surface area contributed by atoms with Crippen molar-refractivity contribution in [2.24, 2.45) is 0 Å². The molecule has 4 N–H and O–H groups in total. The van der Waals surface area contributed by atoms with Gasteiger partial charge in [0, 0.05) is 24.8 Å². The van der Waals surface area contributed by atoms with Gasteiger partial charge in [-0.1, -0.05) is 0 Å². The van der Waals surface area contributed by atoms with Crippen LogP contribution in [-0.4, -0.2) is 41.5 Å². The van der Waals surface area contributed by atoms with E-state index in [4.69, 9.17) is 20.4 Å². The van der Waals surface area contributed by atoms with Crippen molar-refractivity contribution < 1.29 is 14.6 Å². The zero-order valence-corrected chi connectivity index (χ0v) is 9.33. The molecule has 2 aromatic rings. The van der Waals surface area contributed by atoms with Gasteiger partial charge in [0.25, 0.3) is 6.01 Å². The molecule has 6 nitrogen and oxygen atoms in total. The van der Waals surface area contributed by atoms with E-state index in [1.165, 1.54) is 0 Å². The van der Waals surface area contributed by atoms with Crippen LogP contribution in [0.5, 0.6) is 0 Å². The van der Waals surface area contributed by atoms with Crippen LogP contribution in [0, 0.1) is 0 Å². The molecule has 0 bridgehead atoms. The van der Waals surface area contributed by atoms with Crippen LogP contribution in [0.3, 0.4) is 0 Å². The van der Waals surface area contributed by atoms with E-state index in [0.717, 1.165) is 0 Å². The molecule has 0 spiro atoms. The summed E-state index contributed by atoms with van der Waals surface area (Å²) in [7, 11) is 0. The average molecular weight is 237 g/mol. The van der Waals surface area contributed by atoms with Gasteiger partial charge < -0.3 is 25.3 Å². The van der Waals surface area contributed by atoms with Crippen LogP contribution in [-0.2, 0) is 0 Å². The molecule has 17 heavy (non-hydrogen) atoms. The molecule has 1 aromatic heterocycles. The first-order valence-electron chi connectivity index (χ1n) is 5.37. The highest BCUT2D eigenvalue weighted by molar-refractivity contribution is 5.78. The van der Waals surface area contributed by atoms with Gasteiger partial charge in [0.05, 0.1) is 13.2 Å². The maximum atomic E-state index is 8.93. The third-order valence-electron chi connectivity index (χ3n) is 2.41. The molecule has 0 atom stereocenters. The number of oxazole rings is 1. The Kier molecular flexibility index (Phi) is 3.46. The molecule has 0 unspecified atom stereocenters. The number of hydrogen-bond acceptors (Lipinski definition) is 6. The molecule has 92 valence electrons. The largest absolute Gasteiger partial charge is 0.423 e. The average Bonchev–Trinajstić information content (AvgIpc) is 2.71. The lowest BCUT2D eigenvalue weighted by Gasteiger charge is -2.17. The number of rotatable bonds is 5. The van der Waals surface area contributed by atoms with Gasteiger partial charge in [0.15, 0.2) is 5.58 Å². The maximum Gasteiger partial charge on any atom is 0.298 e. The summed E-state index contributed by atoms with van der Waals surface area (Å²) in [5.74, 6) is 0. The molecule has 0 fully saturated rings. The molecule has 0 radical (unpaired) electrons. The van der Waals surface area contributed by atoms with Crippen LogP contribution in [0.4, 0.5) is 11.7 Å². The van der Waals surface area contributed by atoms with E-state index >= 15 is 0 Å². The number of nitrogens with two attached hydrogens (primary N) is 1. The van der Waals surface area contributed by atoms with E-state index in [1.54, 1.807) is 23.1 Å². The highest BCUT2D eigenvalue weighted by Gasteiger charge is 2.13. The zero-order valence-electron chi connectivity index (χ0n) is 9.33. The monoisotopic (exact) mass is 237 g/mol. The first kappa shape index (κ1) is 11.7. The summed E-state index contributed by atoms with van der Waals surface area (Å²) in [4.78, 5) is 5.95. The van der Waals surface area contributed by atoms with Crippen LogP contribution in [0.15, 0.2) is 22.6 Å². The minimum absolute atomic E-state index is 0.0269. The van der Waals surface area contributed by atoms with E-state index in [0.29, 0.717) is 35.9 Å². The molecule has 0 aliphatic carbocycles. The number of anilines is 2. The number of aromatic nitrogens is 1. The van der Waals surface area contributed by atoms with Gasteiger partial charge in [-0.25, -0.2) is 0 Å². The van der Waals surface area contributed by atoms with Crippen molar-refractivity contribution in [1.82, 2.24) is 4.98 Å². The second kappa shape index (κ2) is 5.03. The first-order valence-corrected chi connectivity index (χ1v) is 5.37. The molecular formula is C11H15N3O3. The van der Waals surface area contributed by atoms with Crippen molar-refractivity contribution >= 4 is 22.8 Å². The minimum atomic E-state index is -0.0269. The summed E-state index contributed by atoms with van der Waals surface area (Å²) in [6.45, 7) is 0.674. The van der Waals surface area contributed by atoms with Gasteiger partial charge in [0.1, 0.15) is 5.52 Å². The Morgan fingerprint density at radius 2 is 1.94 bits per heavy atom. The van der Waals surface area contributed by atoms with E-state index in [-0.39, 0.29) is 13.2 Å². The molecule has 0 aliphatic rings. The van der Waals surface area contributed by atoms with Crippen molar-refractivity contribution in [1.29, 1.82) is 0 Å². The predicted molar refractivity (Wildman–Crippen MR) is 64.8 cm³/mol. The number of fused-ring (bicyclic) bond motifs is 1. The number of aliphatic hydroxyl groups is 2. The van der Waals surface area contributed by atoms with E-state index in [9.17, 15) is 0 Å². The molecule has 2 rings (SSSR count). The number of nitrogens with zero attached hydrogens (tertiary/aromatic N) is 2. The highest BCUT2D eigenvalue weighted by Crippen LogP contribution is 2.23. The van der Waals surface area contributed by atoms with E-state index < -0.39 is 0 Å². The van der Waals surface area contributed by atoms with Crippen molar-refractivity contribution in [2.45, 2.75) is 0 Å². The quantitative estimate of drug-likeness (QED) is 0.643. The number of aliphatic hydroxyl groups excluding tert-OH is 2. The topological polar surface area (TPSA) is 95.8 Å². The van der Waals surface area contributed by atoms with E-state index in [1.807, 2.05) is 0 Å². The summed E-state index contributed by atoms with van der Waals surface area (Å²) in [5, 5.41) is 17.9. The molecule has 1 heterocycles. The van der Waals surface area contributed by atoms with Crippen molar-refractivity contribution in [3.63, 3.8) is 0 Å². The van der Waals surface area contributed by atoms with Crippen LogP contribution in [0.1, 0.15) is 0 Å². The predicted octanol–water partition coefficient (Wildman–Crippen LogP) is 0.201. The van der Waals surface area contributed by atoms with Crippen LogP contribution in [0.2, 0.25) is 0 Å². The number of hydrogen-bond donors (Lipinski definition) is 3. The van der Waals surface area contributed by atoms with Crippen LogP contribution < -0.4 is 10.6 Å². The van der Waals surface area contributed by atoms with Crippen molar-refractivity contribution in [3.05, 3.63) is 18.2 Å². The molecule has 0 saturated heterocycles. The lowest BCUT2D eigenvalue weighted by molar-refractivity contribution is 0.277. The Bertz CT molecular complexity index is 492. The fourth-order valence-corrected chi connectivity index (χ4v) is 1.61. The fraction of sp³-hybridized carbons (Fsp3) is 0.364. The molecule has 0 saturated carbocycles. The smallest absolute Gasteiger partial charge is 0.298 e. The van der Waals surface area contributed by atoms with Crippen LogP contribution in [0.25, 0.3) is 11.1 Å². The van der Waals surface area contributed by atoms with Crippen molar-refractivity contribution in [3.8, 4) is 0 Å². The summed E-state index contributed by atoms with van der Waals surface area (Å²) < 4.78 is 5.53. The maximum absolute atomic E-state index is 8.93. The minimum Gasteiger partial charge on any atom is -0.423 e. The second-order valence-electron chi connectivity index (χ2n) is 3.66. The van der Waals surface area contributed by atoms with E-state index in [2.05, 4.69) is 4.98 Å². The first-order chi connectivity index (χ1) is 8.24. The molecule has 1 aromatic carbocycles. The standard InChI is InChI=1S/C11H15N3O3/c12-8-1-2-9-10(7-8)17-11(13-9)14(3-5-15)4-6-16/h1-2,7,15-16H,3-6,12H2. The third kappa shape index (κ3) is 2.48. The van der Waals surface area contributed by atoms with Crippen LogP contribution >= 0.6 is 0 Å². The molecule has 0 amide bonds. The number of nitrogen functional groups attached to an aromatic ring is 1. The van der Waals surface area contributed by atoms with Crippen molar-refractivity contribution in [2.75, 3.05) is 36.9 Å². The Balaban J connectivity index is 2.33. The van der Waals surface area contributed by atoms with Gasteiger partial charge in [-0.3, -0.25) is 0 Å². The third-order valence-corrected chi connectivity index (χ3v) is 2.41. The highest BCUT2D eigenvalue weighted by atomic mass is 16.4. The number of benzene rings is 1. The summed E-state index contributed by atoms with van der Waals surface area (Å²) in [6.07, 6.45) is 0. The second-order valence-corrected chi connectivity index (χ2v) is 3.66. The van der Waals surface area contributed by atoms with Gasteiger partial charge >= 0.3 is 0 Å². The molecule has 0 aliphatic heterocycles. The molecule has 6 heteroatoms. The normalized spacial score (nSPS) is 10.9. The summed E-state index contributed by atoms with van der Waals surface area (Å²) in [6, 6.07) is 5.60. The summed E-state index contributed by atoms with van der Waals surface area (Å²) >= 11 is 0. The fourth-order valence-electron chi connectivity index (χ4n) is 1.61. The SMILES string of the molecule is Nc1ccc2nc(N(CCO)CCO)oc2c1. The Hall–Kier alpha value is -1.79. The van der Waals surface area contributed by atoms with Gasteiger partial charge in [-0.2, -0.15) is 4.98 Å². The lowest BCUT2D eigenvalue weighted by Crippen LogP contribution is -2.29. The van der Waals surface area contributed by atoms with Gasteiger partial charge in [0.2, 0.25) is 0 Å².